The van der Waals surface area contributed by atoms with Gasteiger partial charge in [0.25, 0.3) is 0 Å². The van der Waals surface area contributed by atoms with E-state index < -0.39 is 0 Å². The monoisotopic (exact) mass is 334 g/mol. The van der Waals surface area contributed by atoms with Crippen LogP contribution in [0.15, 0.2) is 112 Å². The molecule has 0 nitrogen and oxygen atoms in total. The molecule has 0 heterocycles. The zero-order valence-corrected chi connectivity index (χ0v) is 14.3. The highest BCUT2D eigenvalue weighted by Crippen LogP contribution is 2.37. The van der Waals surface area contributed by atoms with E-state index in [1.165, 1.54) is 15.4 Å². The van der Waals surface area contributed by atoms with Crippen molar-refractivity contribution in [2.45, 2.75) is 15.0 Å². The minimum Gasteiger partial charge on any atom is -0.114 e. The lowest BCUT2D eigenvalue weighted by Crippen LogP contribution is -1.89. The number of thioether (sulfide) groups is 2. The first-order chi connectivity index (χ1) is 11.4. The summed E-state index contributed by atoms with van der Waals surface area (Å²) in [7, 11) is 0. The third kappa shape index (κ3) is 5.05. The van der Waals surface area contributed by atoms with E-state index in [2.05, 4.69) is 96.4 Å². The summed E-state index contributed by atoms with van der Waals surface area (Å²) in [6, 6.07) is 31.7. The molecule has 114 valence electrons. The Balaban J connectivity index is 1.75. The van der Waals surface area contributed by atoms with Gasteiger partial charge < -0.3 is 0 Å². The van der Waals surface area contributed by atoms with Crippen molar-refractivity contribution in [1.82, 2.24) is 0 Å². The molecule has 0 spiro atoms. The lowest BCUT2D eigenvalue weighted by Gasteiger charge is -2.13. The van der Waals surface area contributed by atoms with Crippen molar-refractivity contribution in [2.75, 3.05) is 0 Å². The Morgan fingerprint density at radius 2 is 1.13 bits per heavy atom. The average Bonchev–Trinajstić information content (AvgIpc) is 2.63. The van der Waals surface area contributed by atoms with Gasteiger partial charge in [0.1, 0.15) is 0 Å². The van der Waals surface area contributed by atoms with Crippen molar-refractivity contribution < 1.29 is 0 Å². The van der Waals surface area contributed by atoms with Gasteiger partial charge in [0.15, 0.2) is 0 Å². The normalized spacial score (nSPS) is 12.3. The molecule has 0 saturated carbocycles. The summed E-state index contributed by atoms with van der Waals surface area (Å²) < 4.78 is 0. The van der Waals surface area contributed by atoms with E-state index >= 15 is 0 Å². The van der Waals surface area contributed by atoms with Crippen LogP contribution in [0.4, 0.5) is 0 Å². The van der Waals surface area contributed by atoms with Gasteiger partial charge in [-0.1, -0.05) is 84.6 Å². The van der Waals surface area contributed by atoms with E-state index in [1.54, 1.807) is 11.8 Å². The van der Waals surface area contributed by atoms with Crippen LogP contribution in [0, 0.1) is 0 Å². The summed E-state index contributed by atoms with van der Waals surface area (Å²) in [4.78, 5) is 2.55. The molecular weight excluding hydrogens is 316 g/mol. The third-order valence-corrected chi connectivity index (χ3v) is 5.40. The van der Waals surface area contributed by atoms with Crippen LogP contribution in [0.3, 0.4) is 0 Å². The minimum atomic E-state index is 0.315. The molecule has 3 aromatic rings. The molecule has 0 radical (unpaired) electrons. The van der Waals surface area contributed by atoms with Crippen LogP contribution >= 0.6 is 23.5 Å². The van der Waals surface area contributed by atoms with Crippen LogP contribution < -0.4 is 0 Å². The van der Waals surface area contributed by atoms with Crippen LogP contribution in [-0.4, -0.2) is 0 Å². The van der Waals surface area contributed by atoms with Gasteiger partial charge in [-0.15, -0.1) is 11.8 Å². The number of hydrogen-bond donors (Lipinski definition) is 0. The fourth-order valence-electron chi connectivity index (χ4n) is 2.20. The topological polar surface area (TPSA) is 0 Å². The molecule has 0 saturated heterocycles. The van der Waals surface area contributed by atoms with Gasteiger partial charge in [-0.3, -0.25) is 0 Å². The molecule has 2 heteroatoms. The molecule has 1 atom stereocenters. The van der Waals surface area contributed by atoms with Gasteiger partial charge in [-0.25, -0.2) is 0 Å². The Hall–Kier alpha value is -1.90. The van der Waals surface area contributed by atoms with E-state index in [0.29, 0.717) is 5.25 Å². The van der Waals surface area contributed by atoms with Crippen LogP contribution in [-0.2, 0) is 0 Å². The average molecular weight is 335 g/mol. The Kier molecular flexibility index (Phi) is 6.01. The molecule has 0 aliphatic heterocycles. The fourth-order valence-corrected chi connectivity index (χ4v) is 4.06. The maximum atomic E-state index is 2.28. The highest BCUT2D eigenvalue weighted by molar-refractivity contribution is 8.02. The van der Waals surface area contributed by atoms with Crippen molar-refractivity contribution >= 4 is 23.5 Å². The van der Waals surface area contributed by atoms with E-state index in [1.807, 2.05) is 17.8 Å². The molecule has 3 aromatic carbocycles. The predicted octanol–water partition coefficient (Wildman–Crippen LogP) is 6.83. The molecule has 0 aromatic heterocycles. The van der Waals surface area contributed by atoms with Gasteiger partial charge in [-0.05, 0) is 35.2 Å². The quantitative estimate of drug-likeness (QED) is 0.453. The van der Waals surface area contributed by atoms with Gasteiger partial charge in [0.05, 0.1) is 5.25 Å². The molecule has 0 amide bonds. The van der Waals surface area contributed by atoms with Crippen molar-refractivity contribution in [1.29, 1.82) is 0 Å². The first kappa shape index (κ1) is 16.0. The van der Waals surface area contributed by atoms with Gasteiger partial charge in [0.2, 0.25) is 0 Å². The Morgan fingerprint density at radius 1 is 0.609 bits per heavy atom. The molecule has 0 N–H and O–H groups in total. The fraction of sp³-hybridized carbons (Fsp3) is 0.0476. The first-order valence-corrected chi connectivity index (χ1v) is 9.33. The molecule has 0 aliphatic carbocycles. The Morgan fingerprint density at radius 3 is 1.74 bits per heavy atom. The van der Waals surface area contributed by atoms with Gasteiger partial charge in [-0.2, -0.15) is 0 Å². The van der Waals surface area contributed by atoms with E-state index in [9.17, 15) is 0 Å². The van der Waals surface area contributed by atoms with Crippen LogP contribution in [0.5, 0.6) is 0 Å². The van der Waals surface area contributed by atoms with Crippen molar-refractivity contribution in [2.24, 2.45) is 0 Å². The SMILES string of the molecule is C(=C\C(Sc1ccccc1)c1ccccc1)/Sc1ccccc1. The summed E-state index contributed by atoms with van der Waals surface area (Å²) >= 11 is 3.64. The molecule has 1 unspecified atom stereocenters. The number of hydrogen-bond acceptors (Lipinski definition) is 2. The number of rotatable bonds is 6. The summed E-state index contributed by atoms with van der Waals surface area (Å²) in [5, 5.41) is 2.51. The second-order valence-corrected chi connectivity index (χ2v) is 7.22. The lowest BCUT2D eigenvalue weighted by molar-refractivity contribution is 1.22. The second kappa shape index (κ2) is 8.66. The van der Waals surface area contributed by atoms with Gasteiger partial charge in [0, 0.05) is 9.79 Å². The number of benzene rings is 3. The molecule has 3 rings (SSSR count). The predicted molar refractivity (Wildman–Crippen MR) is 103 cm³/mol. The largest absolute Gasteiger partial charge is 0.114 e. The van der Waals surface area contributed by atoms with Crippen molar-refractivity contribution in [3.63, 3.8) is 0 Å². The molecule has 0 bridgehead atoms. The molecule has 23 heavy (non-hydrogen) atoms. The van der Waals surface area contributed by atoms with Gasteiger partial charge >= 0.3 is 0 Å². The summed E-state index contributed by atoms with van der Waals surface area (Å²) in [5.74, 6) is 0. The molecule has 0 fully saturated rings. The van der Waals surface area contributed by atoms with Crippen LogP contribution in [0.1, 0.15) is 10.8 Å². The highest BCUT2D eigenvalue weighted by Gasteiger charge is 2.09. The van der Waals surface area contributed by atoms with Crippen LogP contribution in [0.2, 0.25) is 0 Å². The highest BCUT2D eigenvalue weighted by atomic mass is 32.2. The third-order valence-electron chi connectivity index (χ3n) is 3.34. The van der Waals surface area contributed by atoms with E-state index in [4.69, 9.17) is 0 Å². The second-order valence-electron chi connectivity index (χ2n) is 5.02. The van der Waals surface area contributed by atoms with Crippen molar-refractivity contribution in [3.05, 3.63) is 108 Å². The summed E-state index contributed by atoms with van der Waals surface area (Å²) in [6.45, 7) is 0. The first-order valence-electron chi connectivity index (χ1n) is 7.57. The lowest BCUT2D eigenvalue weighted by atomic mass is 10.1. The van der Waals surface area contributed by atoms with Crippen LogP contribution in [0.25, 0.3) is 0 Å². The molecule has 0 aliphatic rings. The van der Waals surface area contributed by atoms with Crippen molar-refractivity contribution in [3.8, 4) is 0 Å². The standard InChI is InChI=1S/C21H18S2/c1-4-10-18(11-5-1)21(23-20-14-8-3-9-15-20)16-17-22-19-12-6-2-7-13-19/h1-17,21H/b17-16+. The smallest absolute Gasteiger partial charge is 0.0532 e. The zero-order chi connectivity index (χ0) is 15.7. The Labute approximate surface area is 146 Å². The summed E-state index contributed by atoms with van der Waals surface area (Å²) in [6.07, 6.45) is 2.28. The maximum absolute atomic E-state index is 2.28. The molecular formula is C21H18S2. The maximum Gasteiger partial charge on any atom is 0.0532 e. The zero-order valence-electron chi connectivity index (χ0n) is 12.7. The van der Waals surface area contributed by atoms with E-state index in [0.717, 1.165) is 0 Å². The minimum absolute atomic E-state index is 0.315. The Bertz CT molecular complexity index is 722. The summed E-state index contributed by atoms with van der Waals surface area (Å²) in [5.41, 5.74) is 1.33. The van der Waals surface area contributed by atoms with E-state index in [-0.39, 0.29) is 0 Å².